The van der Waals surface area contributed by atoms with Crippen molar-refractivity contribution in [3.8, 4) is 5.69 Å². The first-order chi connectivity index (χ1) is 6.81. The molecule has 3 heteroatoms. The number of aryl methyl sites for hydroxylation is 1. The maximum Gasteiger partial charge on any atom is 0.150 e. The van der Waals surface area contributed by atoms with Gasteiger partial charge in [-0.2, -0.15) is 0 Å². The van der Waals surface area contributed by atoms with Gasteiger partial charge in [-0.1, -0.05) is 0 Å². The molecular weight excluding hydrogens is 176 g/mol. The van der Waals surface area contributed by atoms with Gasteiger partial charge in [0, 0.05) is 23.6 Å². The number of aldehydes is 1. The summed E-state index contributed by atoms with van der Waals surface area (Å²) in [5.74, 6) is 0. The van der Waals surface area contributed by atoms with Crippen LogP contribution in [0.2, 0.25) is 0 Å². The van der Waals surface area contributed by atoms with E-state index in [0.29, 0.717) is 0 Å². The van der Waals surface area contributed by atoms with Gasteiger partial charge in [0.15, 0.2) is 0 Å². The standard InChI is InChI=1S/C11H10N2O/c1-9-6-11(3-2-10(9)7-14)13-5-4-12-8-13/h2-8H,1H3. The second-order valence-electron chi connectivity index (χ2n) is 3.13. The number of nitrogens with zero attached hydrogens (tertiary/aromatic N) is 2. The molecule has 0 atom stereocenters. The highest BCUT2D eigenvalue weighted by Crippen LogP contribution is 2.12. The lowest BCUT2D eigenvalue weighted by molar-refractivity contribution is 0.112. The Balaban J connectivity index is 2.48. The van der Waals surface area contributed by atoms with Gasteiger partial charge in [-0.15, -0.1) is 0 Å². The fourth-order valence-electron chi connectivity index (χ4n) is 1.36. The number of aromatic nitrogens is 2. The van der Waals surface area contributed by atoms with E-state index in [9.17, 15) is 4.79 Å². The molecule has 0 amide bonds. The highest BCUT2D eigenvalue weighted by atomic mass is 16.1. The van der Waals surface area contributed by atoms with Gasteiger partial charge in [-0.05, 0) is 30.7 Å². The van der Waals surface area contributed by atoms with Gasteiger partial charge in [0.25, 0.3) is 0 Å². The summed E-state index contributed by atoms with van der Waals surface area (Å²) < 4.78 is 1.90. The van der Waals surface area contributed by atoms with Crippen molar-refractivity contribution < 1.29 is 4.79 Å². The molecule has 0 aliphatic heterocycles. The number of rotatable bonds is 2. The summed E-state index contributed by atoms with van der Waals surface area (Å²) in [5, 5.41) is 0. The van der Waals surface area contributed by atoms with Crippen molar-refractivity contribution in [2.24, 2.45) is 0 Å². The highest BCUT2D eigenvalue weighted by Gasteiger charge is 1.99. The fourth-order valence-corrected chi connectivity index (χ4v) is 1.36. The number of benzene rings is 1. The first kappa shape index (κ1) is 8.69. The van der Waals surface area contributed by atoms with Crippen molar-refractivity contribution in [3.05, 3.63) is 48.0 Å². The third-order valence-corrected chi connectivity index (χ3v) is 2.18. The van der Waals surface area contributed by atoms with Crippen molar-refractivity contribution in [2.75, 3.05) is 0 Å². The molecule has 0 aliphatic rings. The molecule has 0 saturated heterocycles. The summed E-state index contributed by atoms with van der Waals surface area (Å²) >= 11 is 0. The second-order valence-corrected chi connectivity index (χ2v) is 3.13. The summed E-state index contributed by atoms with van der Waals surface area (Å²) in [6.07, 6.45) is 6.20. The first-order valence-corrected chi connectivity index (χ1v) is 4.35. The van der Waals surface area contributed by atoms with Gasteiger partial charge in [0.1, 0.15) is 6.29 Å². The molecule has 0 aliphatic carbocycles. The molecule has 0 fully saturated rings. The maximum absolute atomic E-state index is 10.6. The van der Waals surface area contributed by atoms with Gasteiger partial charge < -0.3 is 4.57 Å². The molecule has 1 aromatic carbocycles. The first-order valence-electron chi connectivity index (χ1n) is 4.35. The van der Waals surface area contributed by atoms with Gasteiger partial charge in [0.05, 0.1) is 6.33 Å². The lowest BCUT2D eigenvalue weighted by atomic mass is 10.1. The minimum Gasteiger partial charge on any atom is -0.306 e. The summed E-state index contributed by atoms with van der Waals surface area (Å²) in [7, 11) is 0. The Bertz CT molecular complexity index is 446. The zero-order valence-corrected chi connectivity index (χ0v) is 7.84. The fraction of sp³-hybridized carbons (Fsp3) is 0.0909. The number of hydrogen-bond acceptors (Lipinski definition) is 2. The number of carbonyl (C=O) groups is 1. The van der Waals surface area contributed by atoms with Gasteiger partial charge in [-0.25, -0.2) is 4.98 Å². The van der Waals surface area contributed by atoms with Crippen molar-refractivity contribution in [1.29, 1.82) is 0 Å². The molecule has 0 saturated carbocycles. The van der Waals surface area contributed by atoms with Crippen LogP contribution in [0.4, 0.5) is 0 Å². The Hall–Kier alpha value is -1.90. The summed E-state index contributed by atoms with van der Waals surface area (Å²) in [5.41, 5.74) is 2.73. The molecule has 2 rings (SSSR count). The van der Waals surface area contributed by atoms with E-state index in [1.165, 1.54) is 0 Å². The lowest BCUT2D eigenvalue weighted by Gasteiger charge is -2.04. The molecule has 0 N–H and O–H groups in total. The van der Waals surface area contributed by atoms with Crippen LogP contribution in [-0.2, 0) is 0 Å². The van der Waals surface area contributed by atoms with Gasteiger partial charge in [0.2, 0.25) is 0 Å². The predicted octanol–water partition coefficient (Wildman–Crippen LogP) is 1.99. The molecule has 1 heterocycles. The van der Waals surface area contributed by atoms with Crippen LogP contribution in [-0.4, -0.2) is 15.8 Å². The number of imidazole rings is 1. The summed E-state index contributed by atoms with van der Waals surface area (Å²) in [4.78, 5) is 14.6. The third-order valence-electron chi connectivity index (χ3n) is 2.18. The van der Waals surface area contributed by atoms with E-state index >= 15 is 0 Å². The van der Waals surface area contributed by atoms with E-state index in [1.807, 2.05) is 35.9 Å². The maximum atomic E-state index is 10.6. The molecule has 0 spiro atoms. The Kier molecular flexibility index (Phi) is 2.14. The average Bonchev–Trinajstić information content (AvgIpc) is 2.70. The van der Waals surface area contributed by atoms with Crippen LogP contribution in [0.3, 0.4) is 0 Å². The lowest BCUT2D eigenvalue weighted by Crippen LogP contribution is -1.93. The van der Waals surface area contributed by atoms with E-state index in [2.05, 4.69) is 4.98 Å². The van der Waals surface area contributed by atoms with Crippen LogP contribution in [0.15, 0.2) is 36.9 Å². The summed E-state index contributed by atoms with van der Waals surface area (Å²) in [6.45, 7) is 1.92. The highest BCUT2D eigenvalue weighted by molar-refractivity contribution is 5.77. The van der Waals surface area contributed by atoms with E-state index in [0.717, 1.165) is 23.1 Å². The molecule has 0 radical (unpaired) electrons. The van der Waals surface area contributed by atoms with Crippen LogP contribution in [0.25, 0.3) is 5.69 Å². The third kappa shape index (κ3) is 1.44. The zero-order chi connectivity index (χ0) is 9.97. The molecule has 0 bridgehead atoms. The van der Waals surface area contributed by atoms with Crippen molar-refractivity contribution >= 4 is 6.29 Å². The van der Waals surface area contributed by atoms with E-state index in [4.69, 9.17) is 0 Å². The molecule has 0 unspecified atom stereocenters. The molecular formula is C11H10N2O. The van der Waals surface area contributed by atoms with Crippen LogP contribution in [0, 0.1) is 6.92 Å². The van der Waals surface area contributed by atoms with Crippen LogP contribution >= 0.6 is 0 Å². The SMILES string of the molecule is Cc1cc(-n2ccnc2)ccc1C=O. The molecule has 3 nitrogen and oxygen atoms in total. The molecule has 1 aromatic heterocycles. The Morgan fingerprint density at radius 3 is 2.86 bits per heavy atom. The predicted molar refractivity (Wildman–Crippen MR) is 53.7 cm³/mol. The van der Waals surface area contributed by atoms with Crippen LogP contribution < -0.4 is 0 Å². The van der Waals surface area contributed by atoms with E-state index < -0.39 is 0 Å². The van der Waals surface area contributed by atoms with Crippen LogP contribution in [0.5, 0.6) is 0 Å². The zero-order valence-electron chi connectivity index (χ0n) is 7.84. The molecule has 2 aromatic rings. The van der Waals surface area contributed by atoms with Gasteiger partial charge in [-0.3, -0.25) is 4.79 Å². The van der Waals surface area contributed by atoms with Crippen molar-refractivity contribution in [2.45, 2.75) is 6.92 Å². The Morgan fingerprint density at radius 2 is 2.29 bits per heavy atom. The minimum absolute atomic E-state index is 0.730. The molecule has 14 heavy (non-hydrogen) atoms. The Labute approximate surface area is 82.0 Å². The normalized spacial score (nSPS) is 10.1. The second kappa shape index (κ2) is 3.46. The van der Waals surface area contributed by atoms with Crippen molar-refractivity contribution in [3.63, 3.8) is 0 Å². The monoisotopic (exact) mass is 186 g/mol. The van der Waals surface area contributed by atoms with E-state index in [1.54, 1.807) is 12.5 Å². The van der Waals surface area contributed by atoms with Crippen molar-refractivity contribution in [1.82, 2.24) is 9.55 Å². The Morgan fingerprint density at radius 1 is 1.43 bits per heavy atom. The quantitative estimate of drug-likeness (QED) is 0.672. The minimum atomic E-state index is 0.730. The molecule has 70 valence electrons. The average molecular weight is 186 g/mol. The van der Waals surface area contributed by atoms with E-state index in [-0.39, 0.29) is 0 Å². The topological polar surface area (TPSA) is 34.9 Å². The number of hydrogen-bond donors (Lipinski definition) is 0. The largest absolute Gasteiger partial charge is 0.306 e. The summed E-state index contributed by atoms with van der Waals surface area (Å²) in [6, 6.07) is 5.68. The number of carbonyl (C=O) groups excluding carboxylic acids is 1. The van der Waals surface area contributed by atoms with Crippen LogP contribution in [0.1, 0.15) is 15.9 Å². The van der Waals surface area contributed by atoms with Gasteiger partial charge >= 0.3 is 0 Å². The smallest absolute Gasteiger partial charge is 0.150 e.